The maximum atomic E-state index is 14.5. The zero-order chi connectivity index (χ0) is 25.4. The van der Waals surface area contributed by atoms with Crippen LogP contribution >= 0.6 is 0 Å². The van der Waals surface area contributed by atoms with Crippen molar-refractivity contribution in [2.45, 2.75) is 33.0 Å². The summed E-state index contributed by atoms with van der Waals surface area (Å²) in [6, 6.07) is 13.8. The molecule has 0 spiro atoms. The molecule has 1 aromatic carbocycles. The van der Waals surface area contributed by atoms with Gasteiger partial charge in [-0.15, -0.1) is 10.2 Å². The van der Waals surface area contributed by atoms with Crippen molar-refractivity contribution in [3.63, 3.8) is 0 Å². The van der Waals surface area contributed by atoms with E-state index in [1.807, 2.05) is 25.1 Å². The van der Waals surface area contributed by atoms with Gasteiger partial charge < -0.3 is 10.2 Å². The number of fused-ring (bicyclic) bond motifs is 1. The van der Waals surface area contributed by atoms with Crippen molar-refractivity contribution in [1.82, 2.24) is 30.0 Å². The lowest BCUT2D eigenvalue weighted by Gasteiger charge is -2.24. The first kappa shape index (κ1) is 23.6. The molecule has 0 aliphatic carbocycles. The van der Waals surface area contributed by atoms with Gasteiger partial charge in [-0.25, -0.2) is 14.4 Å². The van der Waals surface area contributed by atoms with Crippen LogP contribution in [-0.2, 0) is 13.1 Å². The molecule has 184 valence electrons. The van der Waals surface area contributed by atoms with Crippen LogP contribution in [0.5, 0.6) is 0 Å². The minimum Gasteiger partial charge on any atom is -0.357 e. The quantitative estimate of drug-likeness (QED) is 0.427. The molecule has 0 bridgehead atoms. The second kappa shape index (κ2) is 9.46. The van der Waals surface area contributed by atoms with E-state index in [2.05, 4.69) is 29.4 Å². The number of amides is 1. The predicted octanol–water partition coefficient (Wildman–Crippen LogP) is 3.59. The van der Waals surface area contributed by atoms with Crippen molar-refractivity contribution in [3.05, 3.63) is 77.5 Å². The number of benzene rings is 1. The molecular weight excluding hydrogens is 459 g/mol. The third-order valence-corrected chi connectivity index (χ3v) is 6.37. The summed E-state index contributed by atoms with van der Waals surface area (Å²) in [6.07, 6.45) is 1.45. The van der Waals surface area contributed by atoms with E-state index >= 15 is 0 Å². The van der Waals surface area contributed by atoms with Crippen LogP contribution in [0.2, 0.25) is 0 Å². The average molecular weight is 487 g/mol. The molecule has 0 saturated carbocycles. The fourth-order valence-corrected chi connectivity index (χ4v) is 4.23. The van der Waals surface area contributed by atoms with Crippen molar-refractivity contribution in [3.8, 4) is 17.2 Å². The minimum atomic E-state index is -0.397. The van der Waals surface area contributed by atoms with Gasteiger partial charge in [-0.1, -0.05) is 18.2 Å². The Kier molecular flexibility index (Phi) is 6.19. The molecule has 3 aromatic heterocycles. The van der Waals surface area contributed by atoms with E-state index < -0.39 is 5.82 Å². The van der Waals surface area contributed by atoms with Crippen LogP contribution in [0.1, 0.15) is 35.5 Å². The molecule has 0 unspecified atom stereocenters. The number of anilines is 2. The van der Waals surface area contributed by atoms with Gasteiger partial charge in [0.2, 0.25) is 0 Å². The van der Waals surface area contributed by atoms with Gasteiger partial charge in [0.25, 0.3) is 5.91 Å². The normalized spacial score (nSPS) is 12.9. The number of pyridine rings is 2. The van der Waals surface area contributed by atoms with E-state index in [0.29, 0.717) is 41.7 Å². The monoisotopic (exact) mass is 486 g/mol. The lowest BCUT2D eigenvalue weighted by molar-refractivity contribution is 0.0996. The summed E-state index contributed by atoms with van der Waals surface area (Å²) >= 11 is 0. The largest absolute Gasteiger partial charge is 0.357 e. The van der Waals surface area contributed by atoms with Gasteiger partial charge in [0.15, 0.2) is 5.82 Å². The molecule has 1 aliphatic heterocycles. The Morgan fingerprint density at radius 2 is 1.94 bits per heavy atom. The third-order valence-electron chi connectivity index (χ3n) is 6.37. The number of halogens is 1. The molecule has 4 aromatic rings. The predicted molar refractivity (Wildman–Crippen MR) is 136 cm³/mol. The molecule has 1 amide bonds. The molecule has 5 rings (SSSR count). The molecule has 0 saturated heterocycles. The lowest BCUT2D eigenvalue weighted by Crippen LogP contribution is -2.27. The zero-order valence-corrected chi connectivity index (χ0v) is 20.6. The number of nitrogens with zero attached hydrogens (tertiary/aromatic N) is 7. The van der Waals surface area contributed by atoms with Crippen LogP contribution in [0.25, 0.3) is 17.2 Å². The molecular formula is C26H27FN8O. The fourth-order valence-electron chi connectivity index (χ4n) is 4.23. The van der Waals surface area contributed by atoms with Crippen molar-refractivity contribution in [1.29, 1.82) is 0 Å². The highest BCUT2D eigenvalue weighted by Gasteiger charge is 2.33. The van der Waals surface area contributed by atoms with Crippen LogP contribution in [0.3, 0.4) is 0 Å². The van der Waals surface area contributed by atoms with E-state index in [4.69, 9.17) is 9.97 Å². The second-order valence-electron chi connectivity index (χ2n) is 8.94. The van der Waals surface area contributed by atoms with Crippen LogP contribution < -0.4 is 15.1 Å². The van der Waals surface area contributed by atoms with Crippen LogP contribution in [0, 0.1) is 5.82 Å². The highest BCUT2D eigenvalue weighted by molar-refractivity contribution is 6.10. The number of nitrogens with one attached hydrogen (secondary N) is 1. The van der Waals surface area contributed by atoms with Gasteiger partial charge in [-0.2, -0.15) is 0 Å². The van der Waals surface area contributed by atoms with Crippen molar-refractivity contribution < 1.29 is 9.18 Å². The average Bonchev–Trinajstić information content (AvgIpc) is 3.49. The van der Waals surface area contributed by atoms with Gasteiger partial charge in [0, 0.05) is 25.2 Å². The van der Waals surface area contributed by atoms with E-state index in [0.717, 1.165) is 17.1 Å². The van der Waals surface area contributed by atoms with Crippen LogP contribution in [0.15, 0.2) is 54.9 Å². The lowest BCUT2D eigenvalue weighted by atomic mass is 10.1. The van der Waals surface area contributed by atoms with Gasteiger partial charge in [-0.3, -0.25) is 14.3 Å². The Morgan fingerprint density at radius 1 is 1.14 bits per heavy atom. The standard InChI is InChI=1S/C26H27FN8O/c1-16(2)33(4)24-12-17-18(21(31-24)13-28-3)14-34(26(17)36)23-11-7-9-20(30-23)25-32-29-15-35(25)22-10-6-5-8-19(22)27/h5-12,15-16,28H,13-14H2,1-4H3. The Bertz CT molecular complexity index is 1430. The fraction of sp³-hybridized carbons (Fsp3) is 0.269. The van der Waals surface area contributed by atoms with Crippen LogP contribution in [-0.4, -0.2) is 50.8 Å². The topological polar surface area (TPSA) is 92.1 Å². The molecule has 1 aliphatic rings. The van der Waals surface area contributed by atoms with Gasteiger partial charge in [-0.05, 0) is 51.2 Å². The number of para-hydroxylation sites is 1. The first-order chi connectivity index (χ1) is 17.4. The van der Waals surface area contributed by atoms with Gasteiger partial charge in [0.05, 0.1) is 23.5 Å². The second-order valence-corrected chi connectivity index (χ2v) is 8.94. The summed E-state index contributed by atoms with van der Waals surface area (Å²) in [5.74, 6) is 1.08. The van der Waals surface area contributed by atoms with E-state index in [1.54, 1.807) is 45.9 Å². The van der Waals surface area contributed by atoms with Gasteiger partial charge >= 0.3 is 0 Å². The maximum Gasteiger partial charge on any atom is 0.260 e. The van der Waals surface area contributed by atoms with E-state index in [9.17, 15) is 9.18 Å². The summed E-state index contributed by atoms with van der Waals surface area (Å²) in [6.45, 7) is 5.06. The van der Waals surface area contributed by atoms with Gasteiger partial charge in [0.1, 0.15) is 29.5 Å². The molecule has 0 fully saturated rings. The Morgan fingerprint density at radius 3 is 2.69 bits per heavy atom. The smallest absolute Gasteiger partial charge is 0.260 e. The number of carbonyl (C=O) groups excluding carboxylic acids is 1. The highest BCUT2D eigenvalue weighted by atomic mass is 19.1. The van der Waals surface area contributed by atoms with E-state index in [1.165, 1.54) is 12.4 Å². The zero-order valence-electron chi connectivity index (χ0n) is 20.6. The number of carbonyl (C=O) groups is 1. The number of hydrogen-bond donors (Lipinski definition) is 1. The Hall–Kier alpha value is -4.18. The Labute approximate surface area is 208 Å². The molecule has 1 N–H and O–H groups in total. The first-order valence-electron chi connectivity index (χ1n) is 11.7. The number of aromatic nitrogens is 5. The SMILES string of the molecule is CNCc1nc(N(C)C(C)C)cc2c1CN(c1cccc(-c3nncn3-c3ccccc3F)n1)C2=O. The number of rotatable bonds is 7. The summed E-state index contributed by atoms with van der Waals surface area (Å²) in [4.78, 5) is 26.8. The molecule has 10 heteroatoms. The highest BCUT2D eigenvalue weighted by Crippen LogP contribution is 2.33. The maximum absolute atomic E-state index is 14.5. The van der Waals surface area contributed by atoms with Crippen molar-refractivity contribution >= 4 is 17.5 Å². The third kappa shape index (κ3) is 4.09. The summed E-state index contributed by atoms with van der Waals surface area (Å²) < 4.78 is 16.0. The molecule has 4 heterocycles. The van der Waals surface area contributed by atoms with Crippen molar-refractivity contribution in [2.24, 2.45) is 0 Å². The molecule has 36 heavy (non-hydrogen) atoms. The first-order valence-corrected chi connectivity index (χ1v) is 11.7. The summed E-state index contributed by atoms with van der Waals surface area (Å²) in [5, 5.41) is 11.3. The number of hydrogen-bond acceptors (Lipinski definition) is 7. The summed E-state index contributed by atoms with van der Waals surface area (Å²) in [5.41, 5.74) is 3.14. The molecule has 9 nitrogen and oxygen atoms in total. The van der Waals surface area contributed by atoms with E-state index in [-0.39, 0.29) is 11.9 Å². The minimum absolute atomic E-state index is 0.136. The molecule has 0 radical (unpaired) electrons. The van der Waals surface area contributed by atoms with Crippen LogP contribution in [0.4, 0.5) is 16.0 Å². The molecule has 0 atom stereocenters. The summed E-state index contributed by atoms with van der Waals surface area (Å²) in [7, 11) is 3.83. The van der Waals surface area contributed by atoms with Crippen molar-refractivity contribution in [2.75, 3.05) is 23.9 Å². The Balaban J connectivity index is 1.52.